The molecule has 152 valence electrons. The van der Waals surface area contributed by atoms with E-state index in [2.05, 4.69) is 10.00 Å². The maximum atomic E-state index is 13.4. The lowest BCUT2D eigenvalue weighted by atomic mass is 10.1. The number of benzene rings is 1. The van der Waals surface area contributed by atoms with Gasteiger partial charge in [-0.05, 0) is 18.6 Å². The second-order valence-corrected chi connectivity index (χ2v) is 7.14. The van der Waals surface area contributed by atoms with Crippen LogP contribution in [0, 0.1) is 6.92 Å². The Balaban J connectivity index is 1.76. The summed E-state index contributed by atoms with van der Waals surface area (Å²) in [6.07, 6.45) is -0.611. The molecule has 0 aliphatic carbocycles. The van der Waals surface area contributed by atoms with E-state index in [0.29, 0.717) is 13.1 Å². The summed E-state index contributed by atoms with van der Waals surface area (Å²) in [6.45, 7) is 7.23. The van der Waals surface area contributed by atoms with Gasteiger partial charge in [-0.25, -0.2) is 0 Å². The summed E-state index contributed by atoms with van der Waals surface area (Å²) in [7, 11) is 3.50. The first-order valence-electron chi connectivity index (χ1n) is 9.74. The van der Waals surface area contributed by atoms with E-state index in [9.17, 15) is 4.79 Å². The molecular formula is C21H30N4O3. The number of amides is 1. The van der Waals surface area contributed by atoms with E-state index in [1.807, 2.05) is 60.0 Å². The zero-order valence-corrected chi connectivity index (χ0v) is 17.0. The zero-order valence-electron chi connectivity index (χ0n) is 17.0. The number of aryl methyl sites for hydroxylation is 2. The molecule has 0 bridgehead atoms. The van der Waals surface area contributed by atoms with E-state index in [-0.39, 0.29) is 5.91 Å². The molecule has 0 spiro atoms. The highest BCUT2D eigenvalue weighted by Gasteiger charge is 2.27. The van der Waals surface area contributed by atoms with Crippen molar-refractivity contribution in [1.29, 1.82) is 0 Å². The number of morpholine rings is 1. The summed E-state index contributed by atoms with van der Waals surface area (Å²) in [5, 5.41) is 4.42. The summed E-state index contributed by atoms with van der Waals surface area (Å²) >= 11 is 0. The lowest BCUT2D eigenvalue weighted by Crippen LogP contribution is -2.44. The third-order valence-electron chi connectivity index (χ3n) is 5.12. The molecular weight excluding hydrogens is 356 g/mol. The Hall–Kier alpha value is -2.22. The van der Waals surface area contributed by atoms with Gasteiger partial charge in [-0.1, -0.05) is 30.3 Å². The van der Waals surface area contributed by atoms with Gasteiger partial charge in [0.15, 0.2) is 6.10 Å². The number of hydrogen-bond acceptors (Lipinski definition) is 5. The van der Waals surface area contributed by atoms with Crippen LogP contribution in [0.15, 0.2) is 36.4 Å². The van der Waals surface area contributed by atoms with E-state index in [0.717, 1.165) is 49.8 Å². The average molecular weight is 386 g/mol. The highest BCUT2D eigenvalue weighted by atomic mass is 16.5. The fourth-order valence-electron chi connectivity index (χ4n) is 3.53. The molecule has 2 aromatic rings. The lowest BCUT2D eigenvalue weighted by Gasteiger charge is -2.31. The van der Waals surface area contributed by atoms with Crippen LogP contribution < -0.4 is 0 Å². The maximum Gasteiger partial charge on any atom is 0.256 e. The van der Waals surface area contributed by atoms with Gasteiger partial charge in [-0.15, -0.1) is 0 Å². The Morgan fingerprint density at radius 3 is 2.61 bits per heavy atom. The third-order valence-corrected chi connectivity index (χ3v) is 5.12. The van der Waals surface area contributed by atoms with Gasteiger partial charge < -0.3 is 14.4 Å². The first kappa shape index (κ1) is 20.5. The van der Waals surface area contributed by atoms with Gasteiger partial charge in [0.2, 0.25) is 0 Å². The van der Waals surface area contributed by atoms with E-state index >= 15 is 0 Å². The van der Waals surface area contributed by atoms with Crippen molar-refractivity contribution in [2.24, 2.45) is 7.05 Å². The first-order chi connectivity index (χ1) is 13.6. The van der Waals surface area contributed by atoms with Crippen LogP contribution in [0.25, 0.3) is 0 Å². The van der Waals surface area contributed by atoms with Gasteiger partial charge >= 0.3 is 0 Å². The predicted molar refractivity (Wildman–Crippen MR) is 107 cm³/mol. The van der Waals surface area contributed by atoms with Crippen molar-refractivity contribution >= 4 is 5.91 Å². The van der Waals surface area contributed by atoms with Crippen LogP contribution in [0.3, 0.4) is 0 Å². The minimum Gasteiger partial charge on any atom is -0.379 e. The Bertz CT molecular complexity index is 756. The molecule has 1 fully saturated rings. The van der Waals surface area contributed by atoms with Crippen LogP contribution >= 0.6 is 0 Å². The minimum atomic E-state index is -0.611. The second-order valence-electron chi connectivity index (χ2n) is 7.14. The lowest BCUT2D eigenvalue weighted by molar-refractivity contribution is -0.143. The standard InChI is InChI=1S/C21H30N4O3/c1-17-15-19(23(2)22-17)16-25(10-9-24-11-13-28-14-12-24)21(26)20(27-3)18-7-5-4-6-8-18/h4-8,15,20H,9-14,16H2,1-3H3. The largest absolute Gasteiger partial charge is 0.379 e. The Kier molecular flexibility index (Phi) is 7.19. The molecule has 7 heteroatoms. The molecule has 1 aliphatic rings. The quantitative estimate of drug-likeness (QED) is 0.692. The van der Waals surface area contributed by atoms with Gasteiger partial charge in [-0.2, -0.15) is 5.10 Å². The van der Waals surface area contributed by atoms with Crippen molar-refractivity contribution in [2.45, 2.75) is 19.6 Å². The van der Waals surface area contributed by atoms with Crippen LogP contribution in [-0.2, 0) is 27.9 Å². The molecule has 7 nitrogen and oxygen atoms in total. The number of carbonyl (C=O) groups is 1. The molecule has 0 radical (unpaired) electrons. The first-order valence-corrected chi connectivity index (χ1v) is 9.74. The summed E-state index contributed by atoms with van der Waals surface area (Å²) in [5.74, 6) is -0.0270. The normalized spacial score (nSPS) is 16.1. The van der Waals surface area contributed by atoms with Crippen LogP contribution in [0.5, 0.6) is 0 Å². The molecule has 0 saturated carbocycles. The van der Waals surface area contributed by atoms with Crippen LogP contribution in [0.4, 0.5) is 0 Å². The van der Waals surface area contributed by atoms with E-state index < -0.39 is 6.10 Å². The molecule has 1 aliphatic heterocycles. The molecule has 1 amide bonds. The number of methoxy groups -OCH3 is 1. The monoisotopic (exact) mass is 386 g/mol. The number of carbonyl (C=O) groups excluding carboxylic acids is 1. The smallest absolute Gasteiger partial charge is 0.256 e. The van der Waals surface area contributed by atoms with Gasteiger partial charge in [0.1, 0.15) is 0 Å². The number of hydrogen-bond donors (Lipinski definition) is 0. The molecule has 1 unspecified atom stereocenters. The molecule has 1 atom stereocenters. The number of ether oxygens (including phenoxy) is 2. The highest BCUT2D eigenvalue weighted by Crippen LogP contribution is 2.21. The maximum absolute atomic E-state index is 13.4. The molecule has 1 saturated heterocycles. The van der Waals surface area contributed by atoms with Gasteiger partial charge in [-0.3, -0.25) is 14.4 Å². The number of aromatic nitrogens is 2. The van der Waals surface area contributed by atoms with Gasteiger partial charge in [0, 0.05) is 40.3 Å². The van der Waals surface area contributed by atoms with Crippen LogP contribution in [0.2, 0.25) is 0 Å². The van der Waals surface area contributed by atoms with Crippen molar-refractivity contribution in [2.75, 3.05) is 46.5 Å². The Labute approximate surface area is 166 Å². The third kappa shape index (κ3) is 5.19. The summed E-state index contributed by atoms with van der Waals surface area (Å²) < 4.78 is 12.9. The SMILES string of the molecule is COC(C(=O)N(CCN1CCOCC1)Cc1cc(C)nn1C)c1ccccc1. The van der Waals surface area contributed by atoms with Crippen molar-refractivity contribution in [3.63, 3.8) is 0 Å². The minimum absolute atomic E-state index is 0.0270. The van der Waals surface area contributed by atoms with Crippen LogP contribution in [0.1, 0.15) is 23.1 Å². The molecule has 0 N–H and O–H groups in total. The number of rotatable bonds is 8. The summed E-state index contributed by atoms with van der Waals surface area (Å²) in [6, 6.07) is 11.7. The Morgan fingerprint density at radius 1 is 1.29 bits per heavy atom. The van der Waals surface area contributed by atoms with Gasteiger partial charge in [0.25, 0.3) is 5.91 Å². The van der Waals surface area contributed by atoms with Gasteiger partial charge in [0.05, 0.1) is 31.1 Å². The van der Waals surface area contributed by atoms with Crippen molar-refractivity contribution < 1.29 is 14.3 Å². The van der Waals surface area contributed by atoms with E-state index in [4.69, 9.17) is 9.47 Å². The van der Waals surface area contributed by atoms with E-state index in [1.165, 1.54) is 0 Å². The molecule has 2 heterocycles. The Morgan fingerprint density at radius 2 is 2.00 bits per heavy atom. The molecule has 28 heavy (non-hydrogen) atoms. The fraction of sp³-hybridized carbons (Fsp3) is 0.524. The second kappa shape index (κ2) is 9.82. The highest BCUT2D eigenvalue weighted by molar-refractivity contribution is 5.82. The van der Waals surface area contributed by atoms with Crippen molar-refractivity contribution in [3.05, 3.63) is 53.3 Å². The van der Waals surface area contributed by atoms with E-state index in [1.54, 1.807) is 7.11 Å². The predicted octanol–water partition coefficient (Wildman–Crippen LogP) is 1.78. The topological polar surface area (TPSA) is 59.8 Å². The average Bonchev–Trinajstić information content (AvgIpc) is 3.04. The number of nitrogens with zero attached hydrogens (tertiary/aromatic N) is 4. The van der Waals surface area contributed by atoms with Crippen molar-refractivity contribution in [1.82, 2.24) is 19.6 Å². The van der Waals surface area contributed by atoms with Crippen LogP contribution in [-0.4, -0.2) is 72.0 Å². The molecule has 1 aromatic heterocycles. The molecule has 3 rings (SSSR count). The zero-order chi connectivity index (χ0) is 19.9. The fourth-order valence-corrected chi connectivity index (χ4v) is 3.53. The summed E-state index contributed by atoms with van der Waals surface area (Å²) in [4.78, 5) is 17.6. The van der Waals surface area contributed by atoms with Crippen molar-refractivity contribution in [3.8, 4) is 0 Å². The summed E-state index contributed by atoms with van der Waals surface area (Å²) in [5.41, 5.74) is 2.83. The molecule has 1 aromatic carbocycles.